The minimum atomic E-state index is -3.89. The van der Waals surface area contributed by atoms with Crippen LogP contribution in [0, 0.1) is 25.2 Å². The van der Waals surface area contributed by atoms with Crippen molar-refractivity contribution in [1.82, 2.24) is 15.0 Å². The molecule has 0 aliphatic carbocycles. The number of aryl methyl sites for hydroxylation is 2. The van der Waals surface area contributed by atoms with E-state index < -0.39 is 10.0 Å². The van der Waals surface area contributed by atoms with E-state index in [2.05, 4.69) is 31.1 Å². The van der Waals surface area contributed by atoms with Crippen LogP contribution in [0.2, 0.25) is 0 Å². The highest BCUT2D eigenvalue weighted by Gasteiger charge is 2.16. The van der Waals surface area contributed by atoms with Gasteiger partial charge in [-0.1, -0.05) is 30.3 Å². The molecular formula is C27H24N6O3S2. The third kappa shape index (κ3) is 6.94. The number of anilines is 2. The number of aromatic nitrogens is 3. The summed E-state index contributed by atoms with van der Waals surface area (Å²) in [6, 6.07) is 22.9. The van der Waals surface area contributed by atoms with Crippen molar-refractivity contribution in [1.29, 1.82) is 5.26 Å². The quantitative estimate of drug-likeness (QED) is 0.282. The third-order valence-corrected chi connectivity index (χ3v) is 7.61. The first kappa shape index (κ1) is 26.8. The fraction of sp³-hybridized carbons (Fsp3) is 0.148. The van der Waals surface area contributed by atoms with Gasteiger partial charge in [0.1, 0.15) is 11.1 Å². The summed E-state index contributed by atoms with van der Waals surface area (Å²) in [5, 5.41) is 12.8. The van der Waals surface area contributed by atoms with Crippen LogP contribution in [0.3, 0.4) is 0 Å². The average Bonchev–Trinajstić information content (AvgIpc) is 2.88. The van der Waals surface area contributed by atoms with Gasteiger partial charge in [0.15, 0.2) is 0 Å². The van der Waals surface area contributed by atoms with Crippen molar-refractivity contribution in [2.24, 2.45) is 0 Å². The number of pyridine rings is 1. The molecule has 2 aromatic heterocycles. The molecule has 38 heavy (non-hydrogen) atoms. The van der Waals surface area contributed by atoms with Crippen LogP contribution in [-0.4, -0.2) is 35.0 Å². The molecule has 4 rings (SSSR count). The summed E-state index contributed by atoms with van der Waals surface area (Å²) in [7, 11) is -3.89. The highest BCUT2D eigenvalue weighted by atomic mass is 32.2. The van der Waals surface area contributed by atoms with Crippen LogP contribution in [0.25, 0.3) is 11.3 Å². The molecule has 2 aromatic carbocycles. The lowest BCUT2D eigenvalue weighted by molar-refractivity contribution is -0.115. The summed E-state index contributed by atoms with van der Waals surface area (Å²) in [5.74, 6) is 0.172. The number of hydrogen-bond donors (Lipinski definition) is 2. The maximum Gasteiger partial charge on any atom is 0.264 e. The van der Waals surface area contributed by atoms with Crippen molar-refractivity contribution in [3.8, 4) is 17.3 Å². The van der Waals surface area contributed by atoms with E-state index in [1.54, 1.807) is 32.0 Å². The summed E-state index contributed by atoms with van der Waals surface area (Å²) in [5.41, 5.74) is 3.91. The summed E-state index contributed by atoms with van der Waals surface area (Å²) in [6.07, 6.45) is 0.179. The van der Waals surface area contributed by atoms with E-state index in [9.17, 15) is 18.5 Å². The zero-order chi connectivity index (χ0) is 27.1. The third-order valence-electron chi connectivity index (χ3n) is 5.27. The fourth-order valence-electron chi connectivity index (χ4n) is 3.54. The normalized spacial score (nSPS) is 11.0. The van der Waals surface area contributed by atoms with Gasteiger partial charge in [0, 0.05) is 34.8 Å². The van der Waals surface area contributed by atoms with Crippen molar-refractivity contribution < 1.29 is 13.2 Å². The van der Waals surface area contributed by atoms with Gasteiger partial charge in [-0.3, -0.25) is 4.79 Å². The van der Waals surface area contributed by atoms with Crippen molar-refractivity contribution in [2.45, 2.75) is 30.2 Å². The molecule has 9 nitrogen and oxygen atoms in total. The predicted octanol–water partition coefficient (Wildman–Crippen LogP) is 4.95. The molecule has 2 heterocycles. The summed E-state index contributed by atoms with van der Waals surface area (Å²) in [6.45, 7) is 3.51. The van der Waals surface area contributed by atoms with Crippen molar-refractivity contribution >= 4 is 39.3 Å². The zero-order valence-electron chi connectivity index (χ0n) is 20.7. The number of amides is 1. The lowest BCUT2D eigenvalue weighted by atomic mass is 10.1. The second-order valence-electron chi connectivity index (χ2n) is 8.28. The molecule has 0 fully saturated rings. The van der Waals surface area contributed by atoms with Gasteiger partial charge < -0.3 is 5.32 Å². The summed E-state index contributed by atoms with van der Waals surface area (Å²) < 4.78 is 27.8. The number of hydrogen-bond acceptors (Lipinski definition) is 8. The molecule has 0 radical (unpaired) electrons. The lowest BCUT2D eigenvalue weighted by Crippen LogP contribution is -2.16. The topological polar surface area (TPSA) is 138 Å². The van der Waals surface area contributed by atoms with Gasteiger partial charge in [0.05, 0.1) is 16.2 Å². The number of thioether (sulfide) groups is 1. The number of carbonyl (C=O) groups excluding carboxylic acids is 1. The maximum atomic E-state index is 12.7. The molecule has 0 atom stereocenters. The standard InChI is InChI=1S/C27H24N6O3S2/c1-18-16-19(2)30-27(29-18)33-38(35,36)23-11-9-22(10-12-23)31-25(34)14-15-37-26-21(17-28)8-13-24(32-26)20-6-4-3-5-7-20/h3-13,16H,14-15H2,1-2H3,(H,31,34)(H,29,30,33). The number of carbonyl (C=O) groups is 1. The summed E-state index contributed by atoms with van der Waals surface area (Å²) in [4.78, 5) is 25.3. The fourth-order valence-corrected chi connectivity index (χ4v) is 5.39. The zero-order valence-corrected chi connectivity index (χ0v) is 22.3. The van der Waals surface area contributed by atoms with Crippen molar-refractivity contribution in [2.75, 3.05) is 15.8 Å². The molecule has 11 heteroatoms. The van der Waals surface area contributed by atoms with Gasteiger partial charge in [-0.25, -0.2) is 28.1 Å². The van der Waals surface area contributed by atoms with Crippen LogP contribution in [0.15, 0.2) is 82.7 Å². The van der Waals surface area contributed by atoms with Crippen LogP contribution in [-0.2, 0) is 14.8 Å². The van der Waals surface area contributed by atoms with Gasteiger partial charge in [-0.05, 0) is 56.3 Å². The Kier molecular flexibility index (Phi) is 8.35. The largest absolute Gasteiger partial charge is 0.326 e. The molecule has 0 aliphatic rings. The average molecular weight is 545 g/mol. The first-order valence-corrected chi connectivity index (χ1v) is 14.0. The molecule has 0 bridgehead atoms. The Hall–Kier alpha value is -4.27. The van der Waals surface area contributed by atoms with E-state index in [0.29, 0.717) is 33.4 Å². The van der Waals surface area contributed by atoms with Crippen LogP contribution < -0.4 is 10.0 Å². The first-order chi connectivity index (χ1) is 18.2. The molecule has 0 spiro atoms. The van der Waals surface area contributed by atoms with Crippen LogP contribution >= 0.6 is 11.8 Å². The number of nitriles is 1. The second kappa shape index (κ2) is 11.9. The van der Waals surface area contributed by atoms with E-state index >= 15 is 0 Å². The molecular weight excluding hydrogens is 520 g/mol. The van der Waals surface area contributed by atoms with E-state index in [0.717, 1.165) is 11.3 Å². The van der Waals surface area contributed by atoms with Gasteiger partial charge in [0.25, 0.3) is 10.0 Å². The minimum absolute atomic E-state index is 0.000676. The molecule has 192 valence electrons. The number of nitrogens with one attached hydrogen (secondary N) is 2. The number of nitrogens with zero attached hydrogens (tertiary/aromatic N) is 4. The van der Waals surface area contributed by atoms with Crippen LogP contribution in [0.1, 0.15) is 23.4 Å². The highest BCUT2D eigenvalue weighted by molar-refractivity contribution is 7.99. The van der Waals surface area contributed by atoms with Gasteiger partial charge in [0.2, 0.25) is 11.9 Å². The van der Waals surface area contributed by atoms with Crippen LogP contribution in [0.5, 0.6) is 0 Å². The molecule has 0 saturated heterocycles. The Balaban J connectivity index is 1.34. The predicted molar refractivity (Wildman–Crippen MR) is 147 cm³/mol. The second-order valence-corrected chi connectivity index (χ2v) is 11.0. The Morgan fingerprint density at radius 1 is 0.947 bits per heavy atom. The molecule has 0 saturated carbocycles. The van der Waals surface area contributed by atoms with Gasteiger partial charge >= 0.3 is 0 Å². The number of sulfonamides is 1. The van der Waals surface area contributed by atoms with E-state index in [1.165, 1.54) is 36.0 Å². The first-order valence-electron chi connectivity index (χ1n) is 11.6. The lowest BCUT2D eigenvalue weighted by Gasteiger charge is -2.10. The monoisotopic (exact) mass is 544 g/mol. The molecule has 4 aromatic rings. The molecule has 0 aliphatic heterocycles. The molecule has 2 N–H and O–H groups in total. The number of rotatable bonds is 9. The van der Waals surface area contributed by atoms with Crippen molar-refractivity contribution in [3.63, 3.8) is 0 Å². The van der Waals surface area contributed by atoms with E-state index in [4.69, 9.17) is 0 Å². The maximum absolute atomic E-state index is 12.7. The van der Waals surface area contributed by atoms with Crippen LogP contribution in [0.4, 0.5) is 11.6 Å². The van der Waals surface area contributed by atoms with E-state index in [-0.39, 0.29) is 23.2 Å². The molecule has 1 amide bonds. The van der Waals surface area contributed by atoms with Crippen molar-refractivity contribution in [3.05, 3.63) is 89.7 Å². The Morgan fingerprint density at radius 2 is 1.63 bits per heavy atom. The number of benzene rings is 2. The minimum Gasteiger partial charge on any atom is -0.326 e. The van der Waals surface area contributed by atoms with Gasteiger partial charge in [-0.2, -0.15) is 5.26 Å². The van der Waals surface area contributed by atoms with Gasteiger partial charge in [-0.15, -0.1) is 11.8 Å². The summed E-state index contributed by atoms with van der Waals surface area (Å²) >= 11 is 1.33. The highest BCUT2D eigenvalue weighted by Crippen LogP contribution is 2.26. The Labute approximate surface area is 225 Å². The molecule has 0 unspecified atom stereocenters. The Morgan fingerprint density at radius 3 is 2.29 bits per heavy atom. The van der Waals surface area contributed by atoms with E-state index in [1.807, 2.05) is 30.3 Å². The SMILES string of the molecule is Cc1cc(C)nc(NS(=O)(=O)c2ccc(NC(=O)CCSc3nc(-c4ccccc4)ccc3C#N)cc2)n1. The smallest absolute Gasteiger partial charge is 0.264 e. The Bertz CT molecular complexity index is 1580.